The van der Waals surface area contributed by atoms with Crippen LogP contribution in [0.1, 0.15) is 20.3 Å². The van der Waals surface area contributed by atoms with E-state index in [1.54, 1.807) is 0 Å². The second kappa shape index (κ2) is 10.7. The summed E-state index contributed by atoms with van der Waals surface area (Å²) in [5, 5.41) is 0. The van der Waals surface area contributed by atoms with Crippen molar-refractivity contribution in [2.24, 2.45) is 0 Å². The molecule has 0 aliphatic rings. The van der Waals surface area contributed by atoms with Crippen LogP contribution in [-0.2, 0) is 0 Å². The largest absolute Gasteiger partial charge is 0.147 e. The van der Waals surface area contributed by atoms with Gasteiger partial charge in [-0.15, -0.1) is 12.4 Å². The molecule has 1 nitrogen and oxygen atoms in total. The van der Waals surface area contributed by atoms with E-state index >= 15 is 0 Å². The van der Waals surface area contributed by atoms with Gasteiger partial charge in [-0.05, 0) is 0 Å². The molecule has 0 aromatic heterocycles. The number of nitrogens with zero attached hydrogens (tertiary/aromatic N) is 1. The van der Waals surface area contributed by atoms with Crippen molar-refractivity contribution in [3.8, 4) is 0 Å². The van der Waals surface area contributed by atoms with Crippen LogP contribution in [0.3, 0.4) is 0 Å². The standard InChI is InChI=1S/C7H16N.2C6H5.2ClH.Pb/c1-4-7-8(5-2)6-3;2*1-2-4-6-5-3-1;;;/h1,4-7H2,2-3H3;2*1-5H;2*1H;/q;;;;;+1/p-1. The maximum Gasteiger partial charge on any atom is -0.147 e. The van der Waals surface area contributed by atoms with Gasteiger partial charge in [-0.1, -0.05) is 0 Å². The predicted molar refractivity (Wildman–Crippen MR) is 108 cm³/mol. The zero-order valence-corrected chi connectivity index (χ0v) is 19.5. The van der Waals surface area contributed by atoms with Crippen LogP contribution in [0.5, 0.6) is 0 Å². The zero-order valence-electron chi connectivity index (χ0n) is 14.0. The molecule has 0 aliphatic carbocycles. The first-order valence-corrected chi connectivity index (χ1v) is 19.6. The van der Waals surface area contributed by atoms with Gasteiger partial charge >= 0.3 is 144 Å². The summed E-state index contributed by atoms with van der Waals surface area (Å²) in [7, 11) is 7.36. The maximum atomic E-state index is 7.36. The van der Waals surface area contributed by atoms with Crippen LogP contribution in [0.25, 0.3) is 0 Å². The molecule has 0 radical (unpaired) electrons. The molecule has 0 amide bonds. The number of halogens is 2. The molecule has 0 fully saturated rings. The van der Waals surface area contributed by atoms with E-state index in [9.17, 15) is 0 Å². The van der Waals surface area contributed by atoms with Crippen LogP contribution in [-0.4, -0.2) is 44.5 Å². The summed E-state index contributed by atoms with van der Waals surface area (Å²) < 4.78 is 3.98. The molecule has 2 aromatic carbocycles. The second-order valence-electron chi connectivity index (χ2n) is 5.66. The van der Waals surface area contributed by atoms with Crippen molar-refractivity contribution < 1.29 is 0 Å². The van der Waals surface area contributed by atoms with Gasteiger partial charge in [0.2, 0.25) is 0 Å². The van der Waals surface area contributed by atoms with Gasteiger partial charge in [-0.3, -0.25) is 0 Å². The molecule has 0 atom stereocenters. The third kappa shape index (κ3) is 5.73. The minimum absolute atomic E-state index is 0. The van der Waals surface area contributed by atoms with Gasteiger partial charge < -0.3 is 0 Å². The quantitative estimate of drug-likeness (QED) is 0.450. The molecule has 0 N–H and O–H groups in total. The molecule has 0 heterocycles. The average Bonchev–Trinajstić information content (AvgIpc) is 2.60. The van der Waals surface area contributed by atoms with Crippen molar-refractivity contribution in [3.63, 3.8) is 0 Å². The van der Waals surface area contributed by atoms with Crippen molar-refractivity contribution in [2.45, 2.75) is 24.2 Å². The van der Waals surface area contributed by atoms with Gasteiger partial charge in [0.25, 0.3) is 0 Å². The van der Waals surface area contributed by atoms with Crippen LogP contribution < -0.4 is 6.25 Å². The topological polar surface area (TPSA) is 3.24 Å². The fourth-order valence-corrected chi connectivity index (χ4v) is 18.0. The van der Waals surface area contributed by atoms with E-state index in [2.05, 4.69) is 79.4 Å². The SMILES string of the molecule is CCN(CC)CC[CH2][Pb]([Cl])([c]1ccccc1)[c]1ccccc1.Cl. The molecule has 126 valence electrons. The van der Waals surface area contributed by atoms with E-state index < -0.39 is 19.9 Å². The van der Waals surface area contributed by atoms with Gasteiger partial charge in [0.15, 0.2) is 0 Å². The van der Waals surface area contributed by atoms with E-state index in [0.29, 0.717) is 0 Å². The van der Waals surface area contributed by atoms with Crippen molar-refractivity contribution >= 4 is 46.9 Å². The Bertz CT molecular complexity index is 504. The molecule has 2 aromatic rings. The Morgan fingerprint density at radius 3 is 1.65 bits per heavy atom. The van der Waals surface area contributed by atoms with Crippen LogP contribution in [0, 0.1) is 0 Å². The number of benzene rings is 2. The fourth-order valence-electron chi connectivity index (χ4n) is 2.95. The molecule has 23 heavy (non-hydrogen) atoms. The summed E-state index contributed by atoms with van der Waals surface area (Å²) in [6, 6.07) is 21.6. The zero-order chi connectivity index (χ0) is 15.8. The Balaban J connectivity index is 0.00000264. The normalized spacial score (nSPS) is 11.3. The minimum Gasteiger partial charge on any atom is -0.147 e. The third-order valence-corrected chi connectivity index (χ3v) is 23.6. The predicted octanol–water partition coefficient (Wildman–Crippen LogP) is 4.14. The molecule has 4 heteroatoms. The van der Waals surface area contributed by atoms with Gasteiger partial charge in [0, 0.05) is 0 Å². The fraction of sp³-hybridized carbons (Fsp3) is 0.368. The summed E-state index contributed by atoms with van der Waals surface area (Å²) >= 11 is -3.18. The first kappa shape index (κ1) is 20.9. The molecule has 0 spiro atoms. The smallest absolute Gasteiger partial charge is 0.147 e. The Morgan fingerprint density at radius 1 is 0.826 bits per heavy atom. The van der Waals surface area contributed by atoms with E-state index in [0.717, 1.165) is 19.6 Å². The maximum absolute atomic E-state index is 7.36. The molecule has 0 saturated carbocycles. The van der Waals surface area contributed by atoms with Crippen molar-refractivity contribution in [1.82, 2.24) is 4.90 Å². The van der Waals surface area contributed by atoms with Crippen LogP contribution >= 0.6 is 20.7 Å². The summed E-state index contributed by atoms with van der Waals surface area (Å²) in [5.74, 6) is 0. The second-order valence-corrected chi connectivity index (χ2v) is 24.0. The van der Waals surface area contributed by atoms with Gasteiger partial charge in [-0.25, -0.2) is 0 Å². The Labute approximate surface area is 155 Å². The number of rotatable bonds is 8. The average molecular weight is 548 g/mol. The van der Waals surface area contributed by atoms with Gasteiger partial charge in [-0.2, -0.15) is 0 Å². The first-order valence-electron chi connectivity index (χ1n) is 8.23. The molecule has 0 aliphatic heterocycles. The van der Waals surface area contributed by atoms with E-state index in [1.807, 2.05) is 0 Å². The van der Waals surface area contributed by atoms with Crippen LogP contribution in [0.2, 0.25) is 3.98 Å². The van der Waals surface area contributed by atoms with Crippen LogP contribution in [0.15, 0.2) is 60.7 Å². The van der Waals surface area contributed by atoms with E-state index in [-0.39, 0.29) is 12.4 Å². The molecular weight excluding hydrogens is 520 g/mol. The van der Waals surface area contributed by atoms with Crippen molar-refractivity contribution in [2.75, 3.05) is 19.6 Å². The molecule has 0 saturated heterocycles. The van der Waals surface area contributed by atoms with Gasteiger partial charge in [0.1, 0.15) is 0 Å². The molecule has 0 unspecified atom stereocenters. The Kier molecular flexibility index (Phi) is 9.75. The summed E-state index contributed by atoms with van der Waals surface area (Å²) in [6.07, 6.45) is 1.19. The van der Waals surface area contributed by atoms with E-state index in [4.69, 9.17) is 8.32 Å². The number of hydrogen-bond donors (Lipinski definition) is 0. The molecular formula is C19H27Cl2NPb. The monoisotopic (exact) mass is 547 g/mol. The first-order chi connectivity index (χ1) is 10.7. The van der Waals surface area contributed by atoms with Crippen molar-refractivity contribution in [1.29, 1.82) is 0 Å². The van der Waals surface area contributed by atoms with Crippen LogP contribution in [0.4, 0.5) is 0 Å². The van der Waals surface area contributed by atoms with E-state index in [1.165, 1.54) is 16.6 Å². The summed E-state index contributed by atoms with van der Waals surface area (Å²) in [6.45, 7) is 7.87. The third-order valence-electron chi connectivity index (χ3n) is 4.35. The number of hydrogen-bond acceptors (Lipinski definition) is 1. The van der Waals surface area contributed by atoms with Gasteiger partial charge in [0.05, 0.1) is 0 Å². The Hall–Kier alpha value is -0.0979. The molecule has 2 rings (SSSR count). The summed E-state index contributed by atoms with van der Waals surface area (Å²) in [4.78, 5) is 2.49. The molecule has 0 bridgehead atoms. The summed E-state index contributed by atoms with van der Waals surface area (Å²) in [5.41, 5.74) is 0. The minimum atomic E-state index is -3.18. The van der Waals surface area contributed by atoms with Crippen molar-refractivity contribution in [3.05, 3.63) is 60.7 Å². The Morgan fingerprint density at radius 2 is 1.26 bits per heavy atom.